The molecule has 0 radical (unpaired) electrons. The van der Waals surface area contributed by atoms with E-state index in [9.17, 15) is 19.5 Å². The van der Waals surface area contributed by atoms with Crippen LogP contribution in [0.1, 0.15) is 44.8 Å². The first-order valence-electron chi connectivity index (χ1n) is 11.8. The molecule has 2 unspecified atom stereocenters. The van der Waals surface area contributed by atoms with Crippen molar-refractivity contribution >= 4 is 52.1 Å². The van der Waals surface area contributed by atoms with Gasteiger partial charge in [-0.2, -0.15) is 0 Å². The van der Waals surface area contributed by atoms with Crippen LogP contribution in [0, 0.1) is 0 Å². The van der Waals surface area contributed by atoms with E-state index in [1.807, 2.05) is 6.07 Å². The van der Waals surface area contributed by atoms with Gasteiger partial charge in [0.25, 0.3) is 5.91 Å². The molecule has 2 aromatic carbocycles. The minimum absolute atomic E-state index is 0.169. The first-order chi connectivity index (χ1) is 17.7. The fraction of sp³-hybridized carbons (Fsp3) is 0.346. The second kappa shape index (κ2) is 9.89. The van der Waals surface area contributed by atoms with Gasteiger partial charge in [0, 0.05) is 25.5 Å². The summed E-state index contributed by atoms with van der Waals surface area (Å²) in [6.07, 6.45) is 1.02. The highest BCUT2D eigenvalue weighted by atomic mass is 35.5. The number of ether oxygens (including phenoxy) is 2. The van der Waals surface area contributed by atoms with E-state index in [1.54, 1.807) is 29.8 Å². The molecule has 2 saturated heterocycles. The smallest absolute Gasteiger partial charge is 0.407 e. The molecule has 2 fully saturated rings. The Kier molecular flexibility index (Phi) is 6.78. The largest absolute Gasteiger partial charge is 0.478 e. The minimum Gasteiger partial charge on any atom is -0.478 e. The number of benzene rings is 2. The number of nitrogens with one attached hydrogen (secondary N) is 2. The molecule has 194 valence electrons. The average Bonchev–Trinajstić information content (AvgIpc) is 3.60. The topological polar surface area (TPSA) is 119 Å². The summed E-state index contributed by atoms with van der Waals surface area (Å²) in [5, 5.41) is 16.4. The summed E-state index contributed by atoms with van der Waals surface area (Å²) in [6, 6.07) is 10.1. The van der Waals surface area contributed by atoms with E-state index in [-0.39, 0.29) is 24.2 Å². The van der Waals surface area contributed by atoms with Crippen LogP contribution in [-0.4, -0.2) is 53.5 Å². The molecular weight excluding hydrogens is 521 g/mol. The van der Waals surface area contributed by atoms with Crippen molar-refractivity contribution in [3.63, 3.8) is 0 Å². The van der Waals surface area contributed by atoms with Crippen molar-refractivity contribution in [2.45, 2.75) is 30.9 Å². The number of alkyl carbamates (subject to hydrolysis) is 1. The van der Waals surface area contributed by atoms with E-state index in [1.165, 1.54) is 12.1 Å². The van der Waals surface area contributed by atoms with Crippen molar-refractivity contribution in [1.29, 1.82) is 0 Å². The van der Waals surface area contributed by atoms with Crippen LogP contribution in [0.25, 0.3) is 10.9 Å². The van der Waals surface area contributed by atoms with Crippen LogP contribution in [0.4, 0.5) is 4.79 Å². The molecule has 2 atom stereocenters. The molecule has 2 aliphatic rings. The van der Waals surface area contributed by atoms with E-state index in [4.69, 9.17) is 32.7 Å². The van der Waals surface area contributed by atoms with E-state index in [0.717, 1.165) is 16.6 Å². The summed E-state index contributed by atoms with van der Waals surface area (Å²) in [6.45, 7) is 1.19. The van der Waals surface area contributed by atoms with Crippen LogP contribution in [-0.2, 0) is 28.5 Å². The molecule has 0 spiro atoms. The number of hydrogen-bond acceptors (Lipinski definition) is 5. The fourth-order valence-corrected chi connectivity index (χ4v) is 5.47. The lowest BCUT2D eigenvalue weighted by molar-refractivity contribution is 0.0696. The molecule has 0 aliphatic carbocycles. The molecule has 37 heavy (non-hydrogen) atoms. The number of aromatic carboxylic acids is 1. The third-order valence-corrected chi connectivity index (χ3v) is 8.00. The van der Waals surface area contributed by atoms with Gasteiger partial charge in [-0.05, 0) is 48.2 Å². The van der Waals surface area contributed by atoms with Gasteiger partial charge in [0.15, 0.2) is 0 Å². The summed E-state index contributed by atoms with van der Waals surface area (Å²) in [7, 11) is 1.79. The highest BCUT2D eigenvalue weighted by Gasteiger charge is 2.39. The Hall–Kier alpha value is -3.27. The summed E-state index contributed by atoms with van der Waals surface area (Å²) in [5.74, 6) is -1.33. The lowest BCUT2D eigenvalue weighted by Crippen LogP contribution is -2.47. The van der Waals surface area contributed by atoms with Gasteiger partial charge in [0.1, 0.15) is 11.8 Å². The number of carboxylic acid groups (broad SMARTS) is 1. The number of hydrogen-bond donors (Lipinski definition) is 3. The van der Waals surface area contributed by atoms with Gasteiger partial charge < -0.3 is 29.8 Å². The molecule has 3 N–H and O–H groups in total. The van der Waals surface area contributed by atoms with Crippen LogP contribution in [0.15, 0.2) is 36.4 Å². The number of carbonyl (C=O) groups excluding carboxylic acids is 2. The van der Waals surface area contributed by atoms with Gasteiger partial charge in [-0.15, -0.1) is 0 Å². The van der Waals surface area contributed by atoms with Gasteiger partial charge in [-0.25, -0.2) is 9.59 Å². The monoisotopic (exact) mass is 545 g/mol. The molecule has 0 bridgehead atoms. The average molecular weight is 546 g/mol. The number of cyclic esters (lactones) is 1. The number of carboxylic acids is 1. The number of aryl methyl sites for hydroxylation is 2. The molecular formula is C26H25Cl2N3O6. The first-order valence-corrected chi connectivity index (χ1v) is 12.6. The van der Waals surface area contributed by atoms with E-state index in [0.29, 0.717) is 53.5 Å². The van der Waals surface area contributed by atoms with Crippen molar-refractivity contribution in [2.24, 2.45) is 7.05 Å². The highest BCUT2D eigenvalue weighted by Crippen LogP contribution is 2.37. The molecule has 2 aliphatic heterocycles. The number of amides is 2. The third-order valence-electron chi connectivity index (χ3n) is 7.08. The zero-order valence-corrected chi connectivity index (χ0v) is 21.5. The quantitative estimate of drug-likeness (QED) is 0.408. The zero-order valence-electron chi connectivity index (χ0n) is 20.0. The van der Waals surface area contributed by atoms with E-state index >= 15 is 0 Å². The van der Waals surface area contributed by atoms with Gasteiger partial charge in [-0.1, -0.05) is 35.3 Å². The number of fused-ring (bicyclic) bond motifs is 1. The maximum atomic E-state index is 13.5. The Morgan fingerprint density at radius 2 is 1.97 bits per heavy atom. The standard InChI is InChI=1S/C26H25Cl2N3O6/c1-31-19-10-15(4-7-17-12-29-25(35)37-17)21(27)22(28)18(19)11-20(31)23(32)30-26(8-9-36-13-26)16-5-2-14(3-6-16)24(33)34/h2-3,5-6,10-11,17H,4,7-9,12-13H2,1H3,(H,29,35)(H,30,32)(H,33,34). The molecule has 3 aromatic rings. The van der Waals surface area contributed by atoms with Crippen molar-refractivity contribution in [1.82, 2.24) is 15.2 Å². The van der Waals surface area contributed by atoms with Gasteiger partial charge in [0.2, 0.25) is 0 Å². The number of carbonyl (C=O) groups is 3. The van der Waals surface area contributed by atoms with Crippen molar-refractivity contribution in [3.8, 4) is 0 Å². The van der Waals surface area contributed by atoms with Gasteiger partial charge in [-0.3, -0.25) is 4.79 Å². The maximum Gasteiger partial charge on any atom is 0.407 e. The Labute approximate surface area is 222 Å². The molecule has 5 rings (SSSR count). The van der Waals surface area contributed by atoms with Crippen LogP contribution in [0.2, 0.25) is 10.0 Å². The van der Waals surface area contributed by atoms with Crippen LogP contribution in [0.3, 0.4) is 0 Å². The van der Waals surface area contributed by atoms with E-state index in [2.05, 4.69) is 10.6 Å². The highest BCUT2D eigenvalue weighted by molar-refractivity contribution is 6.45. The number of halogens is 2. The van der Waals surface area contributed by atoms with Gasteiger partial charge >= 0.3 is 12.1 Å². The molecule has 2 amide bonds. The van der Waals surface area contributed by atoms with Crippen LogP contribution >= 0.6 is 23.2 Å². The van der Waals surface area contributed by atoms with Crippen LogP contribution in [0.5, 0.6) is 0 Å². The normalized spacial score (nSPS) is 21.2. The zero-order chi connectivity index (χ0) is 26.3. The van der Waals surface area contributed by atoms with Crippen molar-refractivity contribution < 1.29 is 29.0 Å². The summed E-state index contributed by atoms with van der Waals surface area (Å²) in [4.78, 5) is 36.1. The Morgan fingerprint density at radius 1 is 1.22 bits per heavy atom. The Balaban J connectivity index is 1.42. The Bertz CT molecular complexity index is 1400. The molecule has 3 heterocycles. The lowest BCUT2D eigenvalue weighted by Gasteiger charge is -2.29. The lowest BCUT2D eigenvalue weighted by atomic mass is 9.88. The third kappa shape index (κ3) is 4.74. The summed E-state index contributed by atoms with van der Waals surface area (Å²) in [5.41, 5.74) is 2.10. The molecule has 11 heteroatoms. The number of aromatic nitrogens is 1. The molecule has 9 nitrogen and oxygen atoms in total. The SMILES string of the molecule is Cn1c(C(=O)NC2(c3ccc(C(=O)O)cc3)CCOC2)cc2c(Cl)c(Cl)c(CCC3CNC(=O)O3)cc21. The minimum atomic E-state index is -1.02. The second-order valence-electron chi connectivity index (χ2n) is 9.35. The van der Waals surface area contributed by atoms with E-state index < -0.39 is 17.6 Å². The first kappa shape index (κ1) is 25.4. The summed E-state index contributed by atoms with van der Waals surface area (Å²) >= 11 is 13.2. The molecule has 1 aromatic heterocycles. The number of rotatable bonds is 7. The molecule has 0 saturated carbocycles. The van der Waals surface area contributed by atoms with Crippen LogP contribution < -0.4 is 10.6 Å². The summed E-state index contributed by atoms with van der Waals surface area (Å²) < 4.78 is 12.6. The Morgan fingerprint density at radius 3 is 2.59 bits per heavy atom. The fourth-order valence-electron chi connectivity index (χ4n) is 4.94. The predicted octanol–water partition coefficient (Wildman–Crippen LogP) is 4.27. The predicted molar refractivity (Wildman–Crippen MR) is 138 cm³/mol. The maximum absolute atomic E-state index is 13.5. The number of nitrogens with zero attached hydrogens (tertiary/aromatic N) is 1. The van der Waals surface area contributed by atoms with Crippen molar-refractivity contribution in [3.05, 3.63) is 68.8 Å². The second-order valence-corrected chi connectivity index (χ2v) is 10.1. The van der Waals surface area contributed by atoms with Crippen molar-refractivity contribution in [2.75, 3.05) is 19.8 Å². The van der Waals surface area contributed by atoms with Gasteiger partial charge in [0.05, 0.1) is 39.8 Å².